The number of benzene rings is 6. The highest BCUT2D eigenvalue weighted by Gasteiger charge is 2.46. The maximum atomic E-state index is 7.36. The van der Waals surface area contributed by atoms with E-state index in [0.717, 1.165) is 22.8 Å². The zero-order valence-corrected chi connectivity index (χ0v) is 33.1. The number of furan rings is 1. The molecule has 1 aromatic heterocycles. The second kappa shape index (κ2) is 12.6. The highest BCUT2D eigenvalue weighted by Crippen LogP contribution is 2.67. The Morgan fingerprint density at radius 1 is 0.491 bits per heavy atom. The summed E-state index contributed by atoms with van der Waals surface area (Å²) in [6, 6.07) is 48.3. The van der Waals surface area contributed by atoms with Crippen LogP contribution < -0.4 is 14.7 Å². The molecule has 7 aromatic rings. The Balaban J connectivity index is 1.21. The molecule has 0 unspecified atom stereocenters. The zero-order chi connectivity index (χ0) is 37.8. The van der Waals surface area contributed by atoms with Crippen molar-refractivity contribution in [1.82, 2.24) is 0 Å². The van der Waals surface area contributed by atoms with Crippen LogP contribution >= 0.6 is 0 Å². The number of anilines is 9. The summed E-state index contributed by atoms with van der Waals surface area (Å²) >= 11 is 0. The quantitative estimate of drug-likeness (QED) is 0.179. The van der Waals surface area contributed by atoms with Crippen molar-refractivity contribution in [3.8, 4) is 11.1 Å². The highest BCUT2D eigenvalue weighted by atomic mass is 16.4. The SMILES string of the molecule is CC1(C)c2ccccc2-c2c1ccc1oc3c(c21)N(c1ccccc1)c1cc(C2CCCCC2)cc2c1N3c1ccc(C3CCCCC3)cc1N2c1ccccc1. The lowest BCUT2D eigenvalue weighted by Crippen LogP contribution is -2.30. The largest absolute Gasteiger partial charge is 0.437 e. The van der Waals surface area contributed by atoms with Crippen molar-refractivity contribution in [1.29, 1.82) is 0 Å². The van der Waals surface area contributed by atoms with Gasteiger partial charge in [-0.15, -0.1) is 0 Å². The van der Waals surface area contributed by atoms with Crippen LogP contribution in [0.2, 0.25) is 0 Å². The predicted molar refractivity (Wildman–Crippen MR) is 237 cm³/mol. The van der Waals surface area contributed by atoms with E-state index < -0.39 is 0 Å². The summed E-state index contributed by atoms with van der Waals surface area (Å²) in [5.41, 5.74) is 18.6. The second-order valence-corrected chi connectivity index (χ2v) is 17.8. The fraction of sp³-hybridized carbons (Fsp3) is 0.283. The third-order valence-electron chi connectivity index (χ3n) is 14.2. The molecule has 0 amide bonds. The molecule has 0 bridgehead atoms. The van der Waals surface area contributed by atoms with Gasteiger partial charge in [-0.05, 0) is 125 Å². The monoisotopic (exact) mass is 743 g/mol. The number of rotatable bonds is 4. The minimum absolute atomic E-state index is 0.126. The van der Waals surface area contributed by atoms with Gasteiger partial charge in [-0.25, -0.2) is 0 Å². The van der Waals surface area contributed by atoms with Gasteiger partial charge in [0.25, 0.3) is 0 Å². The summed E-state index contributed by atoms with van der Waals surface area (Å²) in [5.74, 6) is 2.01. The molecule has 4 nitrogen and oxygen atoms in total. The predicted octanol–water partition coefficient (Wildman–Crippen LogP) is 15.9. The van der Waals surface area contributed by atoms with Crippen LogP contribution in [-0.2, 0) is 5.41 Å². The molecule has 57 heavy (non-hydrogen) atoms. The van der Waals surface area contributed by atoms with Crippen molar-refractivity contribution in [2.75, 3.05) is 14.7 Å². The van der Waals surface area contributed by atoms with E-state index >= 15 is 0 Å². The van der Waals surface area contributed by atoms with E-state index in [1.165, 1.54) is 137 Å². The molecule has 6 aromatic carbocycles. The van der Waals surface area contributed by atoms with Crippen LogP contribution in [0, 0.1) is 0 Å². The molecule has 4 heteroatoms. The average molecular weight is 744 g/mol. The summed E-state index contributed by atoms with van der Waals surface area (Å²) < 4.78 is 7.36. The number of nitrogens with zero attached hydrogens (tertiary/aromatic N) is 3. The molecule has 2 aliphatic heterocycles. The third-order valence-corrected chi connectivity index (χ3v) is 14.2. The lowest BCUT2D eigenvalue weighted by molar-refractivity contribution is 0.443. The number of hydrogen-bond donors (Lipinski definition) is 0. The van der Waals surface area contributed by atoms with Gasteiger partial charge < -0.3 is 14.2 Å². The minimum Gasteiger partial charge on any atom is -0.437 e. The summed E-state index contributed by atoms with van der Waals surface area (Å²) in [6.07, 6.45) is 12.9. The van der Waals surface area contributed by atoms with Crippen LogP contribution in [0.1, 0.15) is 112 Å². The van der Waals surface area contributed by atoms with Gasteiger partial charge in [0.05, 0.1) is 33.8 Å². The van der Waals surface area contributed by atoms with E-state index in [2.05, 4.69) is 156 Å². The normalized spacial score (nSPS) is 18.2. The van der Waals surface area contributed by atoms with E-state index in [-0.39, 0.29) is 5.41 Å². The Morgan fingerprint density at radius 3 is 1.79 bits per heavy atom. The van der Waals surface area contributed by atoms with Crippen molar-refractivity contribution >= 4 is 62.4 Å². The molecule has 282 valence electrons. The van der Waals surface area contributed by atoms with Gasteiger partial charge in [-0.2, -0.15) is 0 Å². The van der Waals surface area contributed by atoms with E-state index in [9.17, 15) is 0 Å². The molecule has 0 saturated heterocycles. The Bertz CT molecular complexity index is 2700. The fourth-order valence-corrected chi connectivity index (χ4v) is 11.5. The fourth-order valence-electron chi connectivity index (χ4n) is 11.5. The summed E-state index contributed by atoms with van der Waals surface area (Å²) in [4.78, 5) is 7.64. The average Bonchev–Trinajstić information content (AvgIpc) is 3.76. The maximum Gasteiger partial charge on any atom is 0.230 e. The molecule has 12 rings (SSSR count). The van der Waals surface area contributed by atoms with Crippen LogP contribution in [-0.4, -0.2) is 0 Å². The minimum atomic E-state index is -0.126. The maximum absolute atomic E-state index is 7.36. The van der Waals surface area contributed by atoms with Gasteiger partial charge in [0.2, 0.25) is 5.88 Å². The molecule has 0 N–H and O–H groups in total. The molecule has 2 fully saturated rings. The number of para-hydroxylation sites is 2. The topological polar surface area (TPSA) is 22.9 Å². The second-order valence-electron chi connectivity index (χ2n) is 17.8. The van der Waals surface area contributed by atoms with Crippen molar-refractivity contribution < 1.29 is 4.42 Å². The first-order valence-corrected chi connectivity index (χ1v) is 21.6. The lowest BCUT2D eigenvalue weighted by atomic mass is 9.82. The van der Waals surface area contributed by atoms with E-state index in [4.69, 9.17) is 4.42 Å². The van der Waals surface area contributed by atoms with Crippen molar-refractivity contribution in [2.45, 2.75) is 95.3 Å². The summed E-state index contributed by atoms with van der Waals surface area (Å²) in [6.45, 7) is 4.76. The van der Waals surface area contributed by atoms with Gasteiger partial charge in [-0.3, -0.25) is 4.90 Å². The van der Waals surface area contributed by atoms with Gasteiger partial charge in [0.1, 0.15) is 11.3 Å². The molecular formula is C53H49N3O. The first kappa shape index (κ1) is 33.4. The molecule has 5 aliphatic rings. The van der Waals surface area contributed by atoms with Crippen LogP contribution in [0.3, 0.4) is 0 Å². The zero-order valence-electron chi connectivity index (χ0n) is 33.1. The lowest BCUT2D eigenvalue weighted by Gasteiger charge is -2.46. The number of hydrogen-bond acceptors (Lipinski definition) is 4. The van der Waals surface area contributed by atoms with Gasteiger partial charge in [-0.1, -0.05) is 125 Å². The molecule has 3 aliphatic carbocycles. The molecule has 2 saturated carbocycles. The Kier molecular flexibility index (Phi) is 7.40. The standard InChI is InChI=1S/C53H49N3O/c1-53(2)41-26-16-15-25-40(41)48-42(53)28-30-47-49(48)51-52(57-47)56-43-29-27-36(34-17-7-3-8-18-34)31-44(43)54(38-21-11-5-12-22-38)45-32-37(35-19-9-4-10-20-35)33-46(50(45)56)55(51)39-23-13-6-14-24-39/h5-6,11-16,21-35H,3-4,7-10,17-20H2,1-2H3. The highest BCUT2D eigenvalue weighted by molar-refractivity contribution is 6.20. The van der Waals surface area contributed by atoms with Crippen LogP contribution in [0.25, 0.3) is 22.1 Å². The molecular weight excluding hydrogens is 695 g/mol. The number of fused-ring (bicyclic) bond motifs is 10. The third kappa shape index (κ3) is 4.86. The molecule has 0 radical (unpaired) electrons. The van der Waals surface area contributed by atoms with Crippen molar-refractivity contribution in [3.63, 3.8) is 0 Å². The summed E-state index contributed by atoms with van der Waals surface area (Å²) in [7, 11) is 0. The van der Waals surface area contributed by atoms with Gasteiger partial charge in [0.15, 0.2) is 0 Å². The molecule has 0 atom stereocenters. The van der Waals surface area contributed by atoms with Crippen LogP contribution in [0.15, 0.2) is 132 Å². The van der Waals surface area contributed by atoms with E-state index in [1.807, 2.05) is 0 Å². The first-order valence-electron chi connectivity index (χ1n) is 21.6. The van der Waals surface area contributed by atoms with E-state index in [0.29, 0.717) is 11.8 Å². The Labute approximate surface area is 336 Å². The van der Waals surface area contributed by atoms with Gasteiger partial charge >= 0.3 is 0 Å². The van der Waals surface area contributed by atoms with Crippen LogP contribution in [0.4, 0.5) is 51.4 Å². The Morgan fingerprint density at radius 2 is 1.09 bits per heavy atom. The summed E-state index contributed by atoms with van der Waals surface area (Å²) in [5, 5.41) is 1.20. The van der Waals surface area contributed by atoms with E-state index in [1.54, 1.807) is 0 Å². The Hall–Kier alpha value is -5.74. The smallest absolute Gasteiger partial charge is 0.230 e. The first-order chi connectivity index (χ1) is 28.1. The molecule has 3 heterocycles. The van der Waals surface area contributed by atoms with Crippen molar-refractivity contribution in [3.05, 3.63) is 150 Å². The van der Waals surface area contributed by atoms with Gasteiger partial charge in [0, 0.05) is 16.8 Å². The van der Waals surface area contributed by atoms with Crippen LogP contribution in [0.5, 0.6) is 0 Å². The van der Waals surface area contributed by atoms with Crippen molar-refractivity contribution in [2.24, 2.45) is 0 Å². The molecule has 0 spiro atoms.